The number of ether oxygens (including phenoxy) is 2. The van der Waals surface area contributed by atoms with Crippen LogP contribution >= 0.6 is 0 Å². The highest BCUT2D eigenvalue weighted by molar-refractivity contribution is 5.78. The summed E-state index contributed by atoms with van der Waals surface area (Å²) in [6.07, 6.45) is 9.63. The number of benzene rings is 1. The molecule has 0 atom stereocenters. The molecule has 1 amide bonds. The maximum atomic E-state index is 12.0. The van der Waals surface area contributed by atoms with Crippen LogP contribution in [0.5, 0.6) is 11.5 Å². The van der Waals surface area contributed by atoms with Crippen molar-refractivity contribution in [2.75, 3.05) is 20.8 Å². The Bertz CT molecular complexity index is 495. The SMILES string of the molecule is COc1ccc(CC(=O)NCCCC2CCCCC2)cc1OC. The molecule has 4 nitrogen and oxygen atoms in total. The van der Waals surface area contributed by atoms with Crippen LogP contribution in [0.3, 0.4) is 0 Å². The van der Waals surface area contributed by atoms with E-state index in [1.165, 1.54) is 38.5 Å². The fourth-order valence-corrected chi connectivity index (χ4v) is 3.33. The fourth-order valence-electron chi connectivity index (χ4n) is 3.33. The summed E-state index contributed by atoms with van der Waals surface area (Å²) < 4.78 is 10.5. The van der Waals surface area contributed by atoms with Crippen LogP contribution < -0.4 is 14.8 Å². The second kappa shape index (κ2) is 9.43. The van der Waals surface area contributed by atoms with Crippen molar-refractivity contribution in [3.8, 4) is 11.5 Å². The first-order chi connectivity index (χ1) is 11.2. The minimum atomic E-state index is 0.0702. The second-order valence-corrected chi connectivity index (χ2v) is 6.36. The third kappa shape index (κ3) is 5.77. The van der Waals surface area contributed by atoms with E-state index < -0.39 is 0 Å². The minimum absolute atomic E-state index is 0.0702. The van der Waals surface area contributed by atoms with Crippen molar-refractivity contribution in [2.45, 2.75) is 51.4 Å². The maximum Gasteiger partial charge on any atom is 0.224 e. The third-order valence-electron chi connectivity index (χ3n) is 4.65. The topological polar surface area (TPSA) is 47.6 Å². The number of nitrogens with one attached hydrogen (secondary N) is 1. The first kappa shape index (κ1) is 17.6. The molecule has 0 unspecified atom stereocenters. The Labute approximate surface area is 139 Å². The maximum absolute atomic E-state index is 12.0. The van der Waals surface area contributed by atoms with Gasteiger partial charge in [-0.2, -0.15) is 0 Å². The Morgan fingerprint density at radius 3 is 2.57 bits per heavy atom. The molecular formula is C19H29NO3. The molecule has 0 aliphatic heterocycles. The summed E-state index contributed by atoms with van der Waals surface area (Å²) in [5.74, 6) is 2.30. The molecule has 23 heavy (non-hydrogen) atoms. The fraction of sp³-hybridized carbons (Fsp3) is 0.632. The van der Waals surface area contributed by atoms with Crippen LogP contribution in [0.2, 0.25) is 0 Å². The summed E-state index contributed by atoms with van der Waals surface area (Å²) in [7, 11) is 3.21. The summed E-state index contributed by atoms with van der Waals surface area (Å²) in [5, 5.41) is 3.03. The van der Waals surface area contributed by atoms with Crippen molar-refractivity contribution in [1.29, 1.82) is 0 Å². The van der Waals surface area contributed by atoms with Gasteiger partial charge in [0.1, 0.15) is 0 Å². The number of hydrogen-bond donors (Lipinski definition) is 1. The average molecular weight is 319 g/mol. The highest BCUT2D eigenvalue weighted by Crippen LogP contribution is 2.28. The largest absolute Gasteiger partial charge is 0.493 e. The number of carbonyl (C=O) groups is 1. The van der Waals surface area contributed by atoms with Gasteiger partial charge in [-0.15, -0.1) is 0 Å². The van der Waals surface area contributed by atoms with Gasteiger partial charge < -0.3 is 14.8 Å². The lowest BCUT2D eigenvalue weighted by Crippen LogP contribution is -2.26. The average Bonchev–Trinajstić information content (AvgIpc) is 2.59. The molecule has 2 rings (SSSR count). The van der Waals surface area contributed by atoms with E-state index >= 15 is 0 Å². The van der Waals surface area contributed by atoms with E-state index in [1.54, 1.807) is 14.2 Å². The lowest BCUT2D eigenvalue weighted by atomic mass is 9.86. The van der Waals surface area contributed by atoms with Crippen molar-refractivity contribution >= 4 is 5.91 Å². The molecule has 128 valence electrons. The molecule has 1 aromatic rings. The summed E-state index contributed by atoms with van der Waals surface area (Å²) in [6, 6.07) is 5.61. The van der Waals surface area contributed by atoms with Gasteiger partial charge >= 0.3 is 0 Å². The molecule has 4 heteroatoms. The van der Waals surface area contributed by atoms with Crippen molar-refractivity contribution in [3.63, 3.8) is 0 Å². The zero-order chi connectivity index (χ0) is 16.5. The molecule has 1 N–H and O–H groups in total. The number of amides is 1. The lowest BCUT2D eigenvalue weighted by molar-refractivity contribution is -0.120. The van der Waals surface area contributed by atoms with Gasteiger partial charge in [-0.1, -0.05) is 38.2 Å². The summed E-state index contributed by atoms with van der Waals surface area (Å²) in [4.78, 5) is 12.0. The van der Waals surface area contributed by atoms with Crippen molar-refractivity contribution in [2.24, 2.45) is 5.92 Å². The van der Waals surface area contributed by atoms with Crippen LogP contribution in [0.15, 0.2) is 18.2 Å². The normalized spacial score (nSPS) is 15.2. The molecule has 0 saturated heterocycles. The van der Waals surface area contributed by atoms with E-state index in [0.717, 1.165) is 24.4 Å². The first-order valence-electron chi connectivity index (χ1n) is 8.70. The number of hydrogen-bond acceptors (Lipinski definition) is 3. The van der Waals surface area contributed by atoms with Gasteiger partial charge in [-0.25, -0.2) is 0 Å². The molecule has 0 spiro atoms. The number of methoxy groups -OCH3 is 2. The van der Waals surface area contributed by atoms with Crippen molar-refractivity contribution in [1.82, 2.24) is 5.32 Å². The summed E-state index contributed by atoms with van der Waals surface area (Å²) in [6.45, 7) is 0.780. The van der Waals surface area contributed by atoms with E-state index in [9.17, 15) is 4.79 Å². The van der Waals surface area contributed by atoms with Gasteiger partial charge in [0.2, 0.25) is 5.91 Å². The van der Waals surface area contributed by atoms with Gasteiger partial charge in [-0.3, -0.25) is 4.79 Å². The van der Waals surface area contributed by atoms with Crippen LogP contribution in [0.1, 0.15) is 50.5 Å². The van der Waals surface area contributed by atoms with E-state index in [-0.39, 0.29) is 5.91 Å². The molecule has 1 aliphatic rings. The van der Waals surface area contributed by atoms with Crippen LogP contribution in [0.4, 0.5) is 0 Å². The Kier molecular flexibility index (Phi) is 7.24. The predicted octanol–water partition coefficient (Wildman–Crippen LogP) is 3.72. The lowest BCUT2D eigenvalue weighted by Gasteiger charge is -2.21. The van der Waals surface area contributed by atoms with E-state index in [1.807, 2.05) is 18.2 Å². The number of carbonyl (C=O) groups excluding carboxylic acids is 1. The zero-order valence-corrected chi connectivity index (χ0v) is 14.4. The van der Waals surface area contributed by atoms with Crippen molar-refractivity contribution in [3.05, 3.63) is 23.8 Å². The van der Waals surface area contributed by atoms with E-state index in [4.69, 9.17) is 9.47 Å². The molecule has 1 aromatic carbocycles. The predicted molar refractivity (Wildman–Crippen MR) is 92.1 cm³/mol. The molecule has 1 saturated carbocycles. The molecule has 1 aliphatic carbocycles. The Morgan fingerprint density at radius 1 is 1.13 bits per heavy atom. The number of rotatable bonds is 8. The molecular weight excluding hydrogens is 290 g/mol. The molecule has 1 fully saturated rings. The third-order valence-corrected chi connectivity index (χ3v) is 4.65. The highest BCUT2D eigenvalue weighted by Gasteiger charge is 2.13. The molecule has 0 radical (unpaired) electrons. The van der Waals surface area contributed by atoms with E-state index in [0.29, 0.717) is 17.9 Å². The van der Waals surface area contributed by atoms with Crippen LogP contribution in [-0.4, -0.2) is 26.7 Å². The molecule has 0 heterocycles. The van der Waals surface area contributed by atoms with Gasteiger partial charge in [0, 0.05) is 6.54 Å². The summed E-state index contributed by atoms with van der Waals surface area (Å²) >= 11 is 0. The Hall–Kier alpha value is -1.71. The summed E-state index contributed by atoms with van der Waals surface area (Å²) in [5.41, 5.74) is 0.937. The monoisotopic (exact) mass is 319 g/mol. The van der Waals surface area contributed by atoms with Crippen LogP contribution in [0.25, 0.3) is 0 Å². The van der Waals surface area contributed by atoms with Gasteiger partial charge in [0.15, 0.2) is 11.5 Å². The first-order valence-corrected chi connectivity index (χ1v) is 8.70. The second-order valence-electron chi connectivity index (χ2n) is 6.36. The highest BCUT2D eigenvalue weighted by atomic mass is 16.5. The quantitative estimate of drug-likeness (QED) is 0.743. The minimum Gasteiger partial charge on any atom is -0.493 e. The van der Waals surface area contributed by atoms with Crippen molar-refractivity contribution < 1.29 is 14.3 Å². The Morgan fingerprint density at radius 2 is 1.87 bits per heavy atom. The molecule has 0 bridgehead atoms. The molecule has 0 aromatic heterocycles. The Balaban J connectivity index is 1.69. The van der Waals surface area contributed by atoms with E-state index in [2.05, 4.69) is 5.32 Å². The van der Waals surface area contributed by atoms with Crippen LogP contribution in [0, 0.1) is 5.92 Å². The van der Waals surface area contributed by atoms with Gasteiger partial charge in [0.05, 0.1) is 20.6 Å². The standard InChI is InChI=1S/C19H29NO3/c1-22-17-11-10-16(13-18(17)23-2)14-19(21)20-12-6-9-15-7-4-3-5-8-15/h10-11,13,15H,3-9,12,14H2,1-2H3,(H,20,21). The zero-order valence-electron chi connectivity index (χ0n) is 14.4. The van der Waals surface area contributed by atoms with Gasteiger partial charge in [-0.05, 0) is 36.5 Å². The van der Waals surface area contributed by atoms with Gasteiger partial charge in [0.25, 0.3) is 0 Å². The smallest absolute Gasteiger partial charge is 0.224 e. The van der Waals surface area contributed by atoms with Crippen LogP contribution in [-0.2, 0) is 11.2 Å².